The molecule has 6 heteroatoms. The molecule has 0 bridgehead atoms. The van der Waals surface area contributed by atoms with Gasteiger partial charge in [-0.05, 0) is 18.8 Å². The summed E-state index contributed by atoms with van der Waals surface area (Å²) in [5.41, 5.74) is 0. The van der Waals surface area contributed by atoms with E-state index in [0.29, 0.717) is 25.0 Å². The summed E-state index contributed by atoms with van der Waals surface area (Å²) in [6.07, 6.45) is 4.19. The number of amides is 1. The first-order chi connectivity index (χ1) is 9.58. The summed E-state index contributed by atoms with van der Waals surface area (Å²) in [6.45, 7) is 5.05. The third-order valence-electron chi connectivity index (χ3n) is 3.14. The Hall–Kier alpha value is -1.56. The van der Waals surface area contributed by atoms with E-state index in [2.05, 4.69) is 22.2 Å². The molecule has 1 unspecified atom stereocenters. The molecule has 1 aliphatic rings. The van der Waals surface area contributed by atoms with Crippen molar-refractivity contribution in [2.45, 2.75) is 18.9 Å². The van der Waals surface area contributed by atoms with E-state index in [1.54, 1.807) is 27.3 Å². The molecule has 0 aromatic rings. The first-order valence-electron chi connectivity index (χ1n) is 6.93. The standard InChI is InChI=1S/C14H26N4O2/c1-5-8-15-14(16-9-13(19)18(2)3)17-12(10-20-4)11-6-7-11/h5,11-12H,1,6-10H2,2-4H3,(H2,15,16,17). The fourth-order valence-electron chi connectivity index (χ4n) is 1.76. The van der Waals surface area contributed by atoms with Crippen molar-refractivity contribution in [1.29, 1.82) is 0 Å². The predicted molar refractivity (Wildman–Crippen MR) is 80.7 cm³/mol. The number of carbonyl (C=O) groups excluding carboxylic acids is 1. The van der Waals surface area contributed by atoms with Crippen LogP contribution in [0.1, 0.15) is 12.8 Å². The number of likely N-dealkylation sites (N-methyl/N-ethyl adjacent to an activating group) is 1. The van der Waals surface area contributed by atoms with Crippen LogP contribution < -0.4 is 10.6 Å². The Labute approximate surface area is 121 Å². The van der Waals surface area contributed by atoms with Crippen LogP contribution in [0.2, 0.25) is 0 Å². The third kappa shape index (κ3) is 6.06. The summed E-state index contributed by atoms with van der Waals surface area (Å²) in [4.78, 5) is 17.4. The molecule has 2 N–H and O–H groups in total. The Kier molecular flexibility index (Phi) is 7.08. The summed E-state index contributed by atoms with van der Waals surface area (Å²) in [6, 6.07) is 0.241. The molecule has 0 heterocycles. The highest BCUT2D eigenvalue weighted by molar-refractivity contribution is 5.85. The van der Waals surface area contributed by atoms with Gasteiger partial charge in [0.05, 0.1) is 12.6 Å². The number of hydrogen-bond donors (Lipinski definition) is 2. The van der Waals surface area contributed by atoms with Crippen molar-refractivity contribution in [1.82, 2.24) is 15.5 Å². The molecule has 0 aliphatic heterocycles. The Morgan fingerprint density at radius 3 is 2.75 bits per heavy atom. The zero-order chi connectivity index (χ0) is 15.0. The Balaban J connectivity index is 2.58. The molecule has 1 aliphatic carbocycles. The van der Waals surface area contributed by atoms with E-state index < -0.39 is 0 Å². The Bertz CT molecular complexity index is 351. The van der Waals surface area contributed by atoms with Gasteiger partial charge in [-0.25, -0.2) is 4.99 Å². The molecule has 114 valence electrons. The molecular weight excluding hydrogens is 256 g/mol. The normalized spacial score (nSPS) is 16.4. The van der Waals surface area contributed by atoms with Gasteiger partial charge in [-0.15, -0.1) is 6.58 Å². The molecule has 1 fully saturated rings. The van der Waals surface area contributed by atoms with E-state index in [9.17, 15) is 4.79 Å². The lowest BCUT2D eigenvalue weighted by atomic mass is 10.2. The molecule has 0 radical (unpaired) electrons. The minimum absolute atomic E-state index is 0.0283. The van der Waals surface area contributed by atoms with Crippen LogP contribution in [0, 0.1) is 5.92 Å². The smallest absolute Gasteiger partial charge is 0.243 e. The van der Waals surface area contributed by atoms with Gasteiger partial charge in [-0.3, -0.25) is 4.79 Å². The zero-order valence-electron chi connectivity index (χ0n) is 12.7. The summed E-state index contributed by atoms with van der Waals surface area (Å²) < 4.78 is 5.23. The molecule has 1 amide bonds. The first-order valence-corrected chi connectivity index (χ1v) is 6.93. The molecule has 0 spiro atoms. The quantitative estimate of drug-likeness (QED) is 0.380. The van der Waals surface area contributed by atoms with Crippen LogP contribution in [-0.4, -0.2) is 63.7 Å². The molecule has 20 heavy (non-hydrogen) atoms. The fourth-order valence-corrected chi connectivity index (χ4v) is 1.76. The highest BCUT2D eigenvalue weighted by Crippen LogP contribution is 2.32. The molecule has 0 aromatic carbocycles. The number of hydrogen-bond acceptors (Lipinski definition) is 3. The van der Waals surface area contributed by atoms with Gasteiger partial charge in [0, 0.05) is 27.7 Å². The number of aliphatic imine (C=N–C) groups is 1. The maximum absolute atomic E-state index is 11.6. The number of guanidine groups is 1. The molecular formula is C14H26N4O2. The number of nitrogens with zero attached hydrogens (tertiary/aromatic N) is 2. The van der Waals surface area contributed by atoms with E-state index in [1.165, 1.54) is 17.7 Å². The second-order valence-electron chi connectivity index (χ2n) is 5.17. The van der Waals surface area contributed by atoms with Gasteiger partial charge in [-0.2, -0.15) is 0 Å². The fraction of sp³-hybridized carbons (Fsp3) is 0.714. The van der Waals surface area contributed by atoms with Gasteiger partial charge in [0.15, 0.2) is 5.96 Å². The zero-order valence-corrected chi connectivity index (χ0v) is 12.7. The highest BCUT2D eigenvalue weighted by atomic mass is 16.5. The van der Waals surface area contributed by atoms with E-state index in [0.717, 1.165) is 0 Å². The van der Waals surface area contributed by atoms with Gasteiger partial charge in [0.1, 0.15) is 6.54 Å². The van der Waals surface area contributed by atoms with Crippen LogP contribution in [-0.2, 0) is 9.53 Å². The average Bonchev–Trinajstić information content (AvgIpc) is 3.24. The lowest BCUT2D eigenvalue weighted by Crippen LogP contribution is -2.47. The minimum Gasteiger partial charge on any atom is -0.383 e. The van der Waals surface area contributed by atoms with E-state index in [4.69, 9.17) is 4.74 Å². The molecule has 6 nitrogen and oxygen atoms in total. The molecule has 0 saturated heterocycles. The minimum atomic E-state index is -0.0283. The summed E-state index contributed by atoms with van der Waals surface area (Å²) >= 11 is 0. The van der Waals surface area contributed by atoms with Crippen LogP contribution in [0.15, 0.2) is 17.6 Å². The van der Waals surface area contributed by atoms with Gasteiger partial charge < -0.3 is 20.3 Å². The monoisotopic (exact) mass is 282 g/mol. The molecule has 1 atom stereocenters. The Morgan fingerprint density at radius 1 is 1.55 bits per heavy atom. The second-order valence-corrected chi connectivity index (χ2v) is 5.17. The number of methoxy groups -OCH3 is 1. The number of rotatable bonds is 8. The molecule has 1 rings (SSSR count). The van der Waals surface area contributed by atoms with Crippen molar-refractivity contribution in [3.05, 3.63) is 12.7 Å². The van der Waals surface area contributed by atoms with Gasteiger partial charge in [0.2, 0.25) is 5.91 Å². The van der Waals surface area contributed by atoms with Gasteiger partial charge in [0.25, 0.3) is 0 Å². The van der Waals surface area contributed by atoms with Crippen LogP contribution in [0.5, 0.6) is 0 Å². The van der Waals surface area contributed by atoms with Crippen LogP contribution in [0.4, 0.5) is 0 Å². The van der Waals surface area contributed by atoms with Gasteiger partial charge >= 0.3 is 0 Å². The number of carbonyl (C=O) groups is 1. The van der Waals surface area contributed by atoms with Crippen LogP contribution >= 0.6 is 0 Å². The van der Waals surface area contributed by atoms with E-state index >= 15 is 0 Å². The SMILES string of the molecule is C=CCNC(=NCC(=O)N(C)C)NC(COC)C1CC1. The number of ether oxygens (including phenoxy) is 1. The van der Waals surface area contributed by atoms with Crippen molar-refractivity contribution in [2.24, 2.45) is 10.9 Å². The summed E-state index contributed by atoms with van der Waals surface area (Å²) in [5, 5.41) is 6.47. The average molecular weight is 282 g/mol. The van der Waals surface area contributed by atoms with Crippen LogP contribution in [0.3, 0.4) is 0 Å². The largest absolute Gasteiger partial charge is 0.383 e. The lowest BCUT2D eigenvalue weighted by Gasteiger charge is -2.20. The van der Waals surface area contributed by atoms with Gasteiger partial charge in [-0.1, -0.05) is 6.08 Å². The lowest BCUT2D eigenvalue weighted by molar-refractivity contribution is -0.127. The summed E-state index contributed by atoms with van der Waals surface area (Å²) in [5.74, 6) is 1.24. The van der Waals surface area contributed by atoms with Crippen molar-refractivity contribution in [3.8, 4) is 0 Å². The topological polar surface area (TPSA) is 66.0 Å². The third-order valence-corrected chi connectivity index (χ3v) is 3.14. The summed E-state index contributed by atoms with van der Waals surface area (Å²) in [7, 11) is 5.14. The molecule has 1 saturated carbocycles. The predicted octanol–water partition coefficient (Wildman–Crippen LogP) is 0.221. The maximum Gasteiger partial charge on any atom is 0.243 e. The van der Waals surface area contributed by atoms with Crippen molar-refractivity contribution in [2.75, 3.05) is 40.9 Å². The molecule has 0 aromatic heterocycles. The Morgan fingerprint density at radius 2 is 2.25 bits per heavy atom. The maximum atomic E-state index is 11.6. The van der Waals surface area contributed by atoms with E-state index in [-0.39, 0.29) is 18.5 Å². The van der Waals surface area contributed by atoms with E-state index in [1.807, 2.05) is 0 Å². The number of nitrogens with one attached hydrogen (secondary N) is 2. The first kappa shape index (κ1) is 16.5. The van der Waals surface area contributed by atoms with Crippen molar-refractivity contribution < 1.29 is 9.53 Å². The van der Waals surface area contributed by atoms with Crippen molar-refractivity contribution in [3.63, 3.8) is 0 Å². The highest BCUT2D eigenvalue weighted by Gasteiger charge is 2.31. The second kappa shape index (κ2) is 8.58. The van der Waals surface area contributed by atoms with Crippen LogP contribution in [0.25, 0.3) is 0 Å². The van der Waals surface area contributed by atoms with Crippen molar-refractivity contribution >= 4 is 11.9 Å².